The molecule has 2 heterocycles. The number of anilines is 1. The fourth-order valence-corrected chi connectivity index (χ4v) is 2.81. The molecule has 1 saturated heterocycles. The van der Waals surface area contributed by atoms with Crippen LogP contribution in [0.4, 0.5) is 11.5 Å². The number of pyridine rings is 1. The Balaban J connectivity index is 1.75. The fraction of sp³-hybridized carbons (Fsp3) is 0.571. The molecule has 1 aromatic rings. The molecule has 22 heavy (non-hydrogen) atoms. The van der Waals surface area contributed by atoms with Gasteiger partial charge in [-0.25, -0.2) is 4.98 Å². The minimum absolute atomic E-state index is 0.0451. The Morgan fingerprint density at radius 3 is 2.86 bits per heavy atom. The number of nitro groups is 1. The van der Waals surface area contributed by atoms with Gasteiger partial charge in [-0.3, -0.25) is 14.9 Å². The average molecular weight is 306 g/mol. The Hall–Kier alpha value is -2.22. The number of aromatic nitrogens is 1. The summed E-state index contributed by atoms with van der Waals surface area (Å²) >= 11 is 0. The number of amides is 1. The van der Waals surface area contributed by atoms with Crippen molar-refractivity contribution in [2.75, 3.05) is 11.9 Å². The molecule has 3 rings (SSSR count). The van der Waals surface area contributed by atoms with Crippen molar-refractivity contribution in [3.63, 3.8) is 0 Å². The second-order valence-corrected chi connectivity index (χ2v) is 5.82. The lowest BCUT2D eigenvalue weighted by atomic mass is 10.00. The number of carbonyl (C=O) groups excluding carboxylic acids is 1. The average Bonchev–Trinajstić information content (AvgIpc) is 3.32. The lowest BCUT2D eigenvalue weighted by molar-refractivity contribution is -0.385. The zero-order valence-electron chi connectivity index (χ0n) is 12.0. The molecule has 2 aliphatic rings. The summed E-state index contributed by atoms with van der Waals surface area (Å²) in [4.78, 5) is 25.7. The molecule has 3 N–H and O–H groups in total. The monoisotopic (exact) mass is 306 g/mol. The zero-order chi connectivity index (χ0) is 15.7. The summed E-state index contributed by atoms with van der Waals surface area (Å²) in [6.45, 7) is 0.664. The summed E-state index contributed by atoms with van der Waals surface area (Å²) in [5, 5.41) is 14.0. The number of nitrogens with two attached hydrogens (primary N) is 1. The number of carbonyl (C=O) groups is 1. The normalized spacial score (nSPS) is 24.7. The SMILES string of the molecule is NC(=O)c1cc([N+](=O)[O-])cnc1NC1CCOC(C2CC2)C1. The maximum atomic E-state index is 11.5. The van der Waals surface area contributed by atoms with Gasteiger partial charge in [0.15, 0.2) is 0 Å². The fourth-order valence-electron chi connectivity index (χ4n) is 2.81. The molecular formula is C14H18N4O4. The Bertz CT molecular complexity index is 603. The molecule has 8 nitrogen and oxygen atoms in total. The van der Waals surface area contributed by atoms with E-state index in [4.69, 9.17) is 10.5 Å². The zero-order valence-corrected chi connectivity index (χ0v) is 12.0. The maximum Gasteiger partial charge on any atom is 0.288 e. The molecule has 2 atom stereocenters. The van der Waals surface area contributed by atoms with Crippen LogP contribution in [-0.4, -0.2) is 34.6 Å². The summed E-state index contributed by atoms with van der Waals surface area (Å²) < 4.78 is 5.76. The van der Waals surface area contributed by atoms with Crippen LogP contribution in [0, 0.1) is 16.0 Å². The number of hydrogen-bond acceptors (Lipinski definition) is 6. The van der Waals surface area contributed by atoms with E-state index in [1.807, 2.05) is 0 Å². The molecule has 2 unspecified atom stereocenters. The predicted octanol–water partition coefficient (Wildman–Crippen LogP) is 1.46. The first-order valence-electron chi connectivity index (χ1n) is 7.37. The van der Waals surface area contributed by atoms with Crippen LogP contribution in [-0.2, 0) is 4.74 Å². The van der Waals surface area contributed by atoms with Gasteiger partial charge < -0.3 is 15.8 Å². The van der Waals surface area contributed by atoms with Crippen molar-refractivity contribution < 1.29 is 14.5 Å². The highest BCUT2D eigenvalue weighted by molar-refractivity contribution is 5.98. The third-order valence-electron chi connectivity index (χ3n) is 4.15. The Kier molecular flexibility index (Phi) is 3.93. The van der Waals surface area contributed by atoms with E-state index in [0.717, 1.165) is 25.1 Å². The van der Waals surface area contributed by atoms with Crippen LogP contribution in [0.2, 0.25) is 0 Å². The van der Waals surface area contributed by atoms with Crippen molar-refractivity contribution in [2.45, 2.75) is 37.8 Å². The van der Waals surface area contributed by atoms with Crippen LogP contribution >= 0.6 is 0 Å². The van der Waals surface area contributed by atoms with E-state index < -0.39 is 10.8 Å². The molecular weight excluding hydrogens is 288 g/mol. The van der Waals surface area contributed by atoms with Gasteiger partial charge in [-0.15, -0.1) is 0 Å². The third-order valence-corrected chi connectivity index (χ3v) is 4.15. The highest BCUT2D eigenvalue weighted by Crippen LogP contribution is 2.38. The van der Waals surface area contributed by atoms with E-state index in [2.05, 4.69) is 10.3 Å². The molecule has 1 amide bonds. The molecule has 1 aromatic heterocycles. The van der Waals surface area contributed by atoms with Gasteiger partial charge in [-0.05, 0) is 31.6 Å². The first-order valence-corrected chi connectivity index (χ1v) is 7.37. The van der Waals surface area contributed by atoms with E-state index in [9.17, 15) is 14.9 Å². The van der Waals surface area contributed by atoms with Crippen molar-refractivity contribution in [2.24, 2.45) is 11.7 Å². The van der Waals surface area contributed by atoms with Crippen molar-refractivity contribution in [1.29, 1.82) is 0 Å². The van der Waals surface area contributed by atoms with E-state index in [-0.39, 0.29) is 23.4 Å². The summed E-state index contributed by atoms with van der Waals surface area (Å²) in [7, 11) is 0. The van der Waals surface area contributed by atoms with Gasteiger partial charge >= 0.3 is 0 Å². The second kappa shape index (κ2) is 5.88. The van der Waals surface area contributed by atoms with Gasteiger partial charge in [0.2, 0.25) is 0 Å². The van der Waals surface area contributed by atoms with Crippen LogP contribution in [0.15, 0.2) is 12.3 Å². The number of rotatable bonds is 5. The van der Waals surface area contributed by atoms with Gasteiger partial charge in [-0.2, -0.15) is 0 Å². The number of ether oxygens (including phenoxy) is 1. The van der Waals surface area contributed by atoms with Crippen LogP contribution in [0.3, 0.4) is 0 Å². The molecule has 0 aromatic carbocycles. The number of nitrogens with one attached hydrogen (secondary N) is 1. The smallest absolute Gasteiger partial charge is 0.288 e. The van der Waals surface area contributed by atoms with E-state index in [0.29, 0.717) is 18.3 Å². The standard InChI is InChI=1S/C14H18N4O4/c15-13(19)11-6-10(18(20)21)7-16-14(11)17-9-3-4-22-12(5-9)8-1-2-8/h6-9,12H,1-5H2,(H2,15,19)(H,16,17). The Morgan fingerprint density at radius 2 is 2.23 bits per heavy atom. The molecule has 0 radical (unpaired) electrons. The van der Waals surface area contributed by atoms with Gasteiger partial charge in [0.05, 0.1) is 16.6 Å². The largest absolute Gasteiger partial charge is 0.378 e. The number of hydrogen-bond donors (Lipinski definition) is 2. The topological polar surface area (TPSA) is 120 Å². The summed E-state index contributed by atoms with van der Waals surface area (Å²) in [5.74, 6) is 0.217. The molecule has 0 bridgehead atoms. The van der Waals surface area contributed by atoms with E-state index >= 15 is 0 Å². The maximum absolute atomic E-state index is 11.5. The van der Waals surface area contributed by atoms with Crippen molar-refractivity contribution in [1.82, 2.24) is 4.98 Å². The molecule has 1 aliphatic heterocycles. The van der Waals surface area contributed by atoms with Crippen LogP contribution in [0.1, 0.15) is 36.0 Å². The molecule has 8 heteroatoms. The number of nitrogens with zero attached hydrogens (tertiary/aromatic N) is 2. The first-order chi connectivity index (χ1) is 10.5. The van der Waals surface area contributed by atoms with Gasteiger partial charge in [0.25, 0.3) is 11.6 Å². The van der Waals surface area contributed by atoms with E-state index in [1.54, 1.807) is 0 Å². The van der Waals surface area contributed by atoms with Gasteiger partial charge in [-0.1, -0.05) is 0 Å². The molecule has 1 saturated carbocycles. The summed E-state index contributed by atoms with van der Waals surface area (Å²) in [6.07, 6.45) is 5.45. The highest BCUT2D eigenvalue weighted by atomic mass is 16.6. The van der Waals surface area contributed by atoms with Gasteiger partial charge in [0.1, 0.15) is 12.0 Å². The predicted molar refractivity (Wildman–Crippen MR) is 78.5 cm³/mol. The van der Waals surface area contributed by atoms with Crippen molar-refractivity contribution >= 4 is 17.4 Å². The quantitative estimate of drug-likeness (QED) is 0.627. The first kappa shape index (κ1) is 14.7. The lowest BCUT2D eigenvalue weighted by Gasteiger charge is -2.30. The van der Waals surface area contributed by atoms with Gasteiger partial charge in [0, 0.05) is 18.7 Å². The second-order valence-electron chi connectivity index (χ2n) is 5.82. The van der Waals surface area contributed by atoms with Crippen LogP contribution in [0.5, 0.6) is 0 Å². The molecule has 118 valence electrons. The number of primary amides is 1. The highest BCUT2D eigenvalue weighted by Gasteiger charge is 2.36. The molecule has 0 spiro atoms. The molecule has 2 fully saturated rings. The van der Waals surface area contributed by atoms with Crippen molar-refractivity contribution in [3.05, 3.63) is 27.9 Å². The van der Waals surface area contributed by atoms with Crippen LogP contribution in [0.25, 0.3) is 0 Å². The summed E-state index contributed by atoms with van der Waals surface area (Å²) in [5.41, 5.74) is 5.11. The van der Waals surface area contributed by atoms with Crippen molar-refractivity contribution in [3.8, 4) is 0 Å². The molecule has 1 aliphatic carbocycles. The van der Waals surface area contributed by atoms with Crippen LogP contribution < -0.4 is 11.1 Å². The minimum Gasteiger partial charge on any atom is -0.378 e. The van der Waals surface area contributed by atoms with E-state index in [1.165, 1.54) is 12.8 Å². The third kappa shape index (κ3) is 3.16. The Labute approximate surface area is 127 Å². The Morgan fingerprint density at radius 1 is 1.45 bits per heavy atom. The minimum atomic E-state index is -0.732. The lowest BCUT2D eigenvalue weighted by Crippen LogP contribution is -2.36. The summed E-state index contributed by atoms with van der Waals surface area (Å²) in [6, 6.07) is 1.29.